The molecule has 0 unspecified atom stereocenters. The maximum absolute atomic E-state index is 6.28. The summed E-state index contributed by atoms with van der Waals surface area (Å²) in [5, 5.41) is 3.65. The Kier molecular flexibility index (Phi) is 5.53. The number of benzene rings is 3. The molecule has 1 aromatic heterocycles. The Labute approximate surface area is 205 Å². The van der Waals surface area contributed by atoms with Crippen LogP contribution in [0.15, 0.2) is 73.1 Å². The second kappa shape index (κ2) is 8.99. The predicted molar refractivity (Wildman–Crippen MR) is 137 cm³/mol. The van der Waals surface area contributed by atoms with E-state index in [1.54, 1.807) is 6.20 Å². The van der Waals surface area contributed by atoms with Crippen LogP contribution in [0.5, 0.6) is 17.2 Å². The summed E-state index contributed by atoms with van der Waals surface area (Å²) in [5.41, 5.74) is 9.21. The van der Waals surface area contributed by atoms with Crippen LogP contribution in [0.25, 0.3) is 11.1 Å². The van der Waals surface area contributed by atoms with Crippen molar-refractivity contribution < 1.29 is 14.2 Å². The molecule has 2 aliphatic heterocycles. The van der Waals surface area contributed by atoms with Gasteiger partial charge in [-0.25, -0.2) is 0 Å². The van der Waals surface area contributed by atoms with Crippen molar-refractivity contribution in [2.75, 3.05) is 18.5 Å². The van der Waals surface area contributed by atoms with E-state index in [4.69, 9.17) is 14.2 Å². The molecule has 1 atom stereocenters. The Balaban J connectivity index is 1.25. The molecule has 0 amide bonds. The number of aromatic nitrogens is 1. The van der Waals surface area contributed by atoms with Gasteiger partial charge in [0.25, 0.3) is 0 Å². The van der Waals surface area contributed by atoms with Crippen molar-refractivity contribution in [1.82, 2.24) is 4.98 Å². The Hall–Kier alpha value is -3.99. The maximum atomic E-state index is 6.28. The van der Waals surface area contributed by atoms with Gasteiger partial charge in [-0.15, -0.1) is 0 Å². The number of nitrogens with zero attached hydrogens (tertiary/aromatic N) is 1. The van der Waals surface area contributed by atoms with Gasteiger partial charge in [-0.3, -0.25) is 4.98 Å². The molecule has 0 radical (unpaired) electrons. The summed E-state index contributed by atoms with van der Waals surface area (Å²) >= 11 is 0. The van der Waals surface area contributed by atoms with Crippen LogP contribution >= 0.6 is 0 Å². The van der Waals surface area contributed by atoms with Crippen LogP contribution in [0.2, 0.25) is 0 Å². The highest BCUT2D eigenvalue weighted by molar-refractivity contribution is 5.79. The lowest BCUT2D eigenvalue weighted by atomic mass is 9.92. The Morgan fingerprint density at radius 2 is 1.89 bits per heavy atom. The van der Waals surface area contributed by atoms with E-state index >= 15 is 0 Å². The van der Waals surface area contributed by atoms with Crippen molar-refractivity contribution in [3.8, 4) is 28.4 Å². The zero-order valence-corrected chi connectivity index (χ0v) is 20.0. The molecular weight excluding hydrogens is 436 g/mol. The SMILES string of the molecule is Cc1cc(OCc2cccnc2)cc(C)c1-c1cccc2c1OC[C@H]2Nc1ccc2c(c1)OCC2. The van der Waals surface area contributed by atoms with Crippen molar-refractivity contribution in [2.45, 2.75) is 32.9 Å². The minimum absolute atomic E-state index is 0.0899. The third kappa shape index (κ3) is 4.18. The number of hydrogen-bond acceptors (Lipinski definition) is 5. The Morgan fingerprint density at radius 3 is 2.71 bits per heavy atom. The summed E-state index contributed by atoms with van der Waals surface area (Å²) in [7, 11) is 0. The van der Waals surface area contributed by atoms with Gasteiger partial charge in [-0.05, 0) is 60.4 Å². The highest BCUT2D eigenvalue weighted by Gasteiger charge is 2.28. The molecular formula is C30H28N2O3. The van der Waals surface area contributed by atoms with Gasteiger partial charge in [-0.2, -0.15) is 0 Å². The summed E-state index contributed by atoms with van der Waals surface area (Å²) in [6.07, 6.45) is 4.59. The summed E-state index contributed by atoms with van der Waals surface area (Å²) < 4.78 is 18.1. The maximum Gasteiger partial charge on any atom is 0.132 e. The van der Waals surface area contributed by atoms with Gasteiger partial charge >= 0.3 is 0 Å². The van der Waals surface area contributed by atoms with Gasteiger partial charge in [0.05, 0.1) is 12.6 Å². The molecule has 176 valence electrons. The number of para-hydroxylation sites is 1. The fourth-order valence-electron chi connectivity index (χ4n) is 5.10. The zero-order chi connectivity index (χ0) is 23.8. The van der Waals surface area contributed by atoms with Crippen LogP contribution in [0.3, 0.4) is 0 Å². The summed E-state index contributed by atoms with van der Waals surface area (Å²) in [6, 6.07) is 21.1. The van der Waals surface area contributed by atoms with Crippen LogP contribution in [-0.2, 0) is 13.0 Å². The van der Waals surface area contributed by atoms with E-state index in [0.29, 0.717) is 13.2 Å². The lowest BCUT2D eigenvalue weighted by Crippen LogP contribution is -2.11. The highest BCUT2D eigenvalue weighted by Crippen LogP contribution is 2.44. The first-order chi connectivity index (χ1) is 17.2. The smallest absolute Gasteiger partial charge is 0.132 e. The fourth-order valence-corrected chi connectivity index (χ4v) is 5.10. The monoisotopic (exact) mass is 464 g/mol. The third-order valence-electron chi connectivity index (χ3n) is 6.76. The first-order valence-corrected chi connectivity index (χ1v) is 12.1. The molecule has 5 heteroatoms. The number of anilines is 1. The van der Waals surface area contributed by atoms with E-state index in [-0.39, 0.29) is 6.04 Å². The fraction of sp³-hybridized carbons (Fsp3) is 0.233. The second-order valence-corrected chi connectivity index (χ2v) is 9.23. The van der Waals surface area contributed by atoms with Gasteiger partial charge in [0.1, 0.15) is 30.5 Å². The number of nitrogens with one attached hydrogen (secondary N) is 1. The van der Waals surface area contributed by atoms with Crippen molar-refractivity contribution in [1.29, 1.82) is 0 Å². The molecule has 0 saturated heterocycles. The first-order valence-electron chi connectivity index (χ1n) is 12.1. The normalized spacial score (nSPS) is 15.7. The van der Waals surface area contributed by atoms with Crippen molar-refractivity contribution in [3.63, 3.8) is 0 Å². The van der Waals surface area contributed by atoms with Crippen molar-refractivity contribution >= 4 is 5.69 Å². The van der Waals surface area contributed by atoms with E-state index in [1.807, 2.05) is 18.3 Å². The van der Waals surface area contributed by atoms with E-state index in [9.17, 15) is 0 Å². The first kappa shape index (κ1) is 21.5. The molecule has 0 bridgehead atoms. The molecule has 1 N–H and O–H groups in total. The number of aryl methyl sites for hydroxylation is 2. The number of ether oxygens (including phenoxy) is 3. The summed E-state index contributed by atoms with van der Waals surface area (Å²) in [4.78, 5) is 4.16. The number of rotatable bonds is 6. The largest absolute Gasteiger partial charge is 0.493 e. The molecule has 3 aromatic carbocycles. The lowest BCUT2D eigenvalue weighted by molar-refractivity contribution is 0.305. The Bertz CT molecular complexity index is 1360. The minimum atomic E-state index is 0.0899. The van der Waals surface area contributed by atoms with Gasteiger partial charge in [0.15, 0.2) is 0 Å². The topological polar surface area (TPSA) is 52.6 Å². The third-order valence-corrected chi connectivity index (χ3v) is 6.76. The van der Waals surface area contributed by atoms with Crippen LogP contribution in [0.4, 0.5) is 5.69 Å². The molecule has 0 spiro atoms. The van der Waals surface area contributed by atoms with E-state index in [1.165, 1.54) is 16.7 Å². The molecule has 0 aliphatic carbocycles. The van der Waals surface area contributed by atoms with E-state index < -0.39 is 0 Å². The molecule has 0 fully saturated rings. The summed E-state index contributed by atoms with van der Waals surface area (Å²) in [6.45, 7) is 6.12. The average Bonchev–Trinajstić information content (AvgIpc) is 3.50. The van der Waals surface area contributed by atoms with E-state index in [0.717, 1.165) is 58.2 Å². The van der Waals surface area contributed by atoms with Crippen LogP contribution in [0.1, 0.15) is 33.9 Å². The van der Waals surface area contributed by atoms with Crippen LogP contribution in [0, 0.1) is 13.8 Å². The van der Waals surface area contributed by atoms with Crippen molar-refractivity contribution in [3.05, 3.63) is 101 Å². The van der Waals surface area contributed by atoms with E-state index in [2.05, 4.69) is 72.7 Å². The van der Waals surface area contributed by atoms with Gasteiger partial charge in [0.2, 0.25) is 0 Å². The molecule has 5 nitrogen and oxygen atoms in total. The molecule has 6 rings (SSSR count). The molecule has 2 aliphatic rings. The molecule has 0 saturated carbocycles. The number of pyridine rings is 1. The van der Waals surface area contributed by atoms with Gasteiger partial charge < -0.3 is 19.5 Å². The average molecular weight is 465 g/mol. The van der Waals surface area contributed by atoms with Crippen LogP contribution in [-0.4, -0.2) is 18.2 Å². The van der Waals surface area contributed by atoms with Gasteiger partial charge in [0, 0.05) is 47.3 Å². The molecule has 3 heterocycles. The van der Waals surface area contributed by atoms with Crippen LogP contribution < -0.4 is 19.5 Å². The van der Waals surface area contributed by atoms with Crippen molar-refractivity contribution in [2.24, 2.45) is 0 Å². The molecule has 4 aromatic rings. The lowest BCUT2D eigenvalue weighted by Gasteiger charge is -2.17. The Morgan fingerprint density at radius 1 is 1.00 bits per heavy atom. The number of hydrogen-bond donors (Lipinski definition) is 1. The zero-order valence-electron chi connectivity index (χ0n) is 20.0. The minimum Gasteiger partial charge on any atom is -0.493 e. The highest BCUT2D eigenvalue weighted by atomic mass is 16.5. The summed E-state index contributed by atoms with van der Waals surface area (Å²) in [5.74, 6) is 2.80. The van der Waals surface area contributed by atoms with Gasteiger partial charge in [-0.1, -0.05) is 30.3 Å². The molecule has 35 heavy (non-hydrogen) atoms. The number of fused-ring (bicyclic) bond motifs is 2. The standard InChI is InChI=1S/C30H28N2O3/c1-19-13-24(34-17-21-5-4-11-31-16-21)14-20(2)29(19)26-7-3-6-25-27(18-35-30(25)26)32-23-9-8-22-10-12-33-28(22)15-23/h3-9,11,13-16,27,32H,10,12,17-18H2,1-2H3/t27-/m1/s1. The quantitative estimate of drug-likeness (QED) is 0.357. The second-order valence-electron chi connectivity index (χ2n) is 9.23. The predicted octanol–water partition coefficient (Wildman–Crippen LogP) is 6.42.